The van der Waals surface area contributed by atoms with Crippen molar-refractivity contribution in [2.45, 2.75) is 0 Å². The van der Waals surface area contributed by atoms with Gasteiger partial charge in [-0.15, -0.1) is 0 Å². The molecule has 3 rings (SSSR count). The summed E-state index contributed by atoms with van der Waals surface area (Å²) in [6.45, 7) is 6.98. The van der Waals surface area contributed by atoms with Crippen molar-refractivity contribution in [2.75, 3.05) is 0 Å². The lowest BCUT2D eigenvalue weighted by atomic mass is 10.3. The zero-order chi connectivity index (χ0) is 12.5. The van der Waals surface area contributed by atoms with E-state index in [0.717, 1.165) is 0 Å². The Hall–Kier alpha value is -3.12. The van der Waals surface area contributed by atoms with Crippen molar-refractivity contribution in [1.29, 1.82) is 5.26 Å². The molecule has 3 aromatic rings. The molecule has 0 amide bonds. The molecule has 0 saturated heterocycles. The molecule has 0 radical (unpaired) electrons. The molecule has 0 atom stereocenters. The molecule has 0 aliphatic heterocycles. The second-order valence-electron chi connectivity index (χ2n) is 3.59. The number of nitriles is 1. The van der Waals surface area contributed by atoms with E-state index in [1.54, 1.807) is 16.9 Å². The van der Waals surface area contributed by atoms with Gasteiger partial charge in [-0.25, -0.2) is 9.83 Å². The van der Waals surface area contributed by atoms with E-state index in [4.69, 9.17) is 11.8 Å². The van der Waals surface area contributed by atoms with Crippen LogP contribution in [0.2, 0.25) is 0 Å². The first-order valence-electron chi connectivity index (χ1n) is 5.13. The predicted octanol–water partition coefficient (Wildman–Crippen LogP) is 2.15. The van der Waals surface area contributed by atoms with Gasteiger partial charge in [-0.05, 0) is 12.1 Å². The zero-order valence-electron chi connectivity index (χ0n) is 9.12. The minimum absolute atomic E-state index is 0.281. The van der Waals surface area contributed by atoms with Crippen LogP contribution in [0, 0.1) is 17.9 Å². The lowest BCUT2D eigenvalue weighted by Crippen LogP contribution is -1.85. The van der Waals surface area contributed by atoms with Gasteiger partial charge in [0.05, 0.1) is 12.6 Å². The molecule has 0 saturated carbocycles. The number of aromatic nitrogens is 4. The summed E-state index contributed by atoms with van der Waals surface area (Å²) in [6.07, 6.45) is 3.23. The molecule has 0 aliphatic rings. The van der Waals surface area contributed by atoms with Crippen LogP contribution in [0.15, 0.2) is 30.6 Å². The van der Waals surface area contributed by atoms with Gasteiger partial charge in [-0.1, -0.05) is 6.07 Å². The smallest absolute Gasteiger partial charge is 0.226 e. The number of hydrogen-bond donors (Lipinski definition) is 1. The first-order valence-corrected chi connectivity index (χ1v) is 5.13. The number of rotatable bonds is 1. The van der Waals surface area contributed by atoms with Crippen molar-refractivity contribution in [3.05, 3.63) is 47.6 Å². The van der Waals surface area contributed by atoms with Crippen molar-refractivity contribution >= 4 is 11.3 Å². The van der Waals surface area contributed by atoms with Crippen molar-refractivity contribution in [3.8, 4) is 17.6 Å². The van der Waals surface area contributed by atoms with E-state index < -0.39 is 0 Å². The molecule has 6 nitrogen and oxygen atoms in total. The summed E-state index contributed by atoms with van der Waals surface area (Å²) in [4.78, 5) is 11.8. The normalized spacial score (nSPS) is 10.1. The van der Waals surface area contributed by atoms with Crippen LogP contribution in [-0.4, -0.2) is 19.6 Å². The Kier molecular flexibility index (Phi) is 2.08. The van der Waals surface area contributed by atoms with Crippen LogP contribution in [0.1, 0.15) is 5.56 Å². The number of H-pyrrole nitrogens is 1. The fourth-order valence-corrected chi connectivity index (χ4v) is 1.73. The highest BCUT2D eigenvalue weighted by Crippen LogP contribution is 2.25. The molecule has 0 bridgehead atoms. The molecule has 0 aliphatic carbocycles. The average Bonchev–Trinajstić information content (AvgIpc) is 2.96. The fourth-order valence-electron chi connectivity index (χ4n) is 1.73. The topological polar surface area (TPSA) is 74.1 Å². The van der Waals surface area contributed by atoms with E-state index in [-0.39, 0.29) is 5.56 Å². The Bertz CT molecular complexity index is 797. The van der Waals surface area contributed by atoms with Gasteiger partial charge < -0.3 is 0 Å². The summed E-state index contributed by atoms with van der Waals surface area (Å²) in [5.74, 6) is 0.568. The summed E-state index contributed by atoms with van der Waals surface area (Å²) in [7, 11) is 0. The molecule has 0 fully saturated rings. The standard InChI is InChI=1S/C12H6N6/c1-14-10-7-18-12(8(10)6-13)16-11(17-18)9-4-2-3-5-15-9/h2-5,7H,(H,16,17). The van der Waals surface area contributed by atoms with Gasteiger partial charge in [0.2, 0.25) is 5.69 Å². The monoisotopic (exact) mass is 234 g/mol. The van der Waals surface area contributed by atoms with Crippen molar-refractivity contribution in [1.82, 2.24) is 19.6 Å². The van der Waals surface area contributed by atoms with Gasteiger partial charge in [0, 0.05) is 12.4 Å². The third kappa shape index (κ3) is 1.34. The fraction of sp³-hybridized carbons (Fsp3) is 0. The van der Waals surface area contributed by atoms with Gasteiger partial charge in [-0.3, -0.25) is 14.6 Å². The second-order valence-corrected chi connectivity index (χ2v) is 3.59. The van der Waals surface area contributed by atoms with Crippen LogP contribution in [0.4, 0.5) is 5.69 Å². The van der Waals surface area contributed by atoms with Crippen molar-refractivity contribution in [3.63, 3.8) is 0 Å². The molecular formula is C12H6N6. The van der Waals surface area contributed by atoms with Gasteiger partial charge in [-0.2, -0.15) is 5.26 Å². The number of fused-ring (bicyclic) bond motifs is 1. The summed E-state index contributed by atoms with van der Waals surface area (Å²) >= 11 is 0. The first kappa shape index (κ1) is 10.1. The predicted molar refractivity (Wildman–Crippen MR) is 63.8 cm³/mol. The van der Waals surface area contributed by atoms with Crippen LogP contribution in [0.5, 0.6) is 0 Å². The van der Waals surface area contributed by atoms with Gasteiger partial charge >= 0.3 is 0 Å². The van der Waals surface area contributed by atoms with E-state index in [1.807, 2.05) is 24.3 Å². The van der Waals surface area contributed by atoms with Crippen molar-refractivity contribution < 1.29 is 0 Å². The summed E-state index contributed by atoms with van der Waals surface area (Å²) in [5.41, 5.74) is 1.71. The van der Waals surface area contributed by atoms with E-state index in [0.29, 0.717) is 22.9 Å². The van der Waals surface area contributed by atoms with E-state index in [9.17, 15) is 0 Å². The van der Waals surface area contributed by atoms with Crippen LogP contribution < -0.4 is 0 Å². The molecule has 3 aromatic heterocycles. The van der Waals surface area contributed by atoms with Gasteiger partial charge in [0.1, 0.15) is 11.3 Å². The molecular weight excluding hydrogens is 228 g/mol. The Morgan fingerprint density at radius 2 is 2.33 bits per heavy atom. The molecule has 3 heterocycles. The maximum atomic E-state index is 9.04. The minimum Gasteiger partial charge on any atom is -0.275 e. The third-order valence-electron chi connectivity index (χ3n) is 2.54. The highest BCUT2D eigenvalue weighted by molar-refractivity contribution is 5.73. The molecule has 0 aromatic carbocycles. The highest BCUT2D eigenvalue weighted by Gasteiger charge is 2.15. The summed E-state index contributed by atoms with van der Waals surface area (Å²) in [5, 5.41) is 12.0. The van der Waals surface area contributed by atoms with E-state index >= 15 is 0 Å². The van der Waals surface area contributed by atoms with Crippen LogP contribution in [0.25, 0.3) is 22.0 Å². The Morgan fingerprint density at radius 3 is 3.00 bits per heavy atom. The largest absolute Gasteiger partial charge is 0.275 e. The number of nitrogens with zero attached hydrogens (tertiary/aromatic N) is 5. The number of aromatic amines is 1. The Labute approximate surface area is 102 Å². The van der Waals surface area contributed by atoms with Crippen LogP contribution >= 0.6 is 0 Å². The third-order valence-corrected chi connectivity index (χ3v) is 2.54. The maximum absolute atomic E-state index is 9.04. The highest BCUT2D eigenvalue weighted by atomic mass is 15.3. The number of pyridine rings is 1. The van der Waals surface area contributed by atoms with Crippen LogP contribution in [0.3, 0.4) is 0 Å². The van der Waals surface area contributed by atoms with E-state index in [2.05, 4.69) is 19.9 Å². The van der Waals surface area contributed by atoms with E-state index in [1.165, 1.54) is 0 Å². The maximum Gasteiger partial charge on any atom is 0.226 e. The first-order chi connectivity index (χ1) is 8.83. The van der Waals surface area contributed by atoms with Crippen LogP contribution in [-0.2, 0) is 0 Å². The van der Waals surface area contributed by atoms with Gasteiger partial charge in [0.15, 0.2) is 11.5 Å². The van der Waals surface area contributed by atoms with Gasteiger partial charge in [0.25, 0.3) is 0 Å². The van der Waals surface area contributed by atoms with Crippen molar-refractivity contribution in [2.24, 2.45) is 0 Å². The lowest BCUT2D eigenvalue weighted by molar-refractivity contribution is 0.978. The average molecular weight is 234 g/mol. The molecule has 6 heteroatoms. The molecule has 0 unspecified atom stereocenters. The minimum atomic E-state index is 0.281. The summed E-state index contributed by atoms with van der Waals surface area (Å²) in [6, 6.07) is 7.49. The molecule has 84 valence electrons. The SMILES string of the molecule is [C-]#[N+]c1cn2[nH]c(-c3ccccn3)nc2c1C#N. The molecule has 0 spiro atoms. The zero-order valence-corrected chi connectivity index (χ0v) is 9.12. The molecule has 1 N–H and O–H groups in total. The lowest BCUT2D eigenvalue weighted by Gasteiger charge is -1.92. The number of hydrogen-bond acceptors (Lipinski definition) is 3. The second kappa shape index (κ2) is 3.72. The molecule has 18 heavy (non-hydrogen) atoms. The Balaban J connectivity index is 2.23. The number of nitrogens with one attached hydrogen (secondary N) is 1. The Morgan fingerprint density at radius 1 is 1.44 bits per heavy atom. The quantitative estimate of drug-likeness (QED) is 0.655. The summed E-state index contributed by atoms with van der Waals surface area (Å²) < 4.78 is 1.57.